The van der Waals surface area contributed by atoms with Gasteiger partial charge >= 0.3 is 0 Å². The van der Waals surface area contributed by atoms with Gasteiger partial charge in [-0.1, -0.05) is 13.3 Å². The molecule has 2 fully saturated rings. The standard InChI is InChI=1S/C14H27NO4S2/c1-3-15-14(12-7-8-21(18,19)10-12)11-5-4-6-13(9-11)20(2,16)17/h11-15H,3-10H2,1-2H3. The van der Waals surface area contributed by atoms with Crippen LogP contribution in [0.1, 0.15) is 39.0 Å². The summed E-state index contributed by atoms with van der Waals surface area (Å²) in [4.78, 5) is 0. The molecule has 1 heterocycles. The zero-order valence-electron chi connectivity index (χ0n) is 12.9. The fourth-order valence-electron chi connectivity index (χ4n) is 3.96. The van der Waals surface area contributed by atoms with Crippen LogP contribution in [0, 0.1) is 11.8 Å². The van der Waals surface area contributed by atoms with Crippen LogP contribution in [0.3, 0.4) is 0 Å². The Kier molecular flexibility index (Phi) is 5.36. The molecule has 2 rings (SSSR count). The average Bonchev–Trinajstić information content (AvgIpc) is 2.75. The quantitative estimate of drug-likeness (QED) is 0.809. The Labute approximate surface area is 128 Å². The monoisotopic (exact) mass is 337 g/mol. The van der Waals surface area contributed by atoms with E-state index in [1.54, 1.807) is 0 Å². The Balaban J connectivity index is 2.11. The molecule has 124 valence electrons. The van der Waals surface area contributed by atoms with Gasteiger partial charge in [-0.25, -0.2) is 16.8 Å². The molecule has 21 heavy (non-hydrogen) atoms. The summed E-state index contributed by atoms with van der Waals surface area (Å²) in [5.41, 5.74) is 0. The molecule has 2 aliphatic rings. The minimum atomic E-state index is -3.00. The zero-order chi connectivity index (χ0) is 15.7. The molecule has 0 bridgehead atoms. The predicted octanol–water partition coefficient (Wildman–Crippen LogP) is 1.00. The number of nitrogens with one attached hydrogen (secondary N) is 1. The lowest BCUT2D eigenvalue weighted by Crippen LogP contribution is -2.46. The number of hydrogen-bond acceptors (Lipinski definition) is 5. The predicted molar refractivity (Wildman–Crippen MR) is 84.8 cm³/mol. The van der Waals surface area contributed by atoms with Crippen molar-refractivity contribution in [2.24, 2.45) is 11.8 Å². The zero-order valence-corrected chi connectivity index (χ0v) is 14.5. The molecule has 0 aromatic heterocycles. The summed E-state index contributed by atoms with van der Waals surface area (Å²) in [6.07, 6.45) is 5.37. The summed E-state index contributed by atoms with van der Waals surface area (Å²) in [7, 11) is -5.90. The highest BCUT2D eigenvalue weighted by atomic mass is 32.2. The Bertz CT molecular complexity index is 556. The van der Waals surface area contributed by atoms with Crippen molar-refractivity contribution in [3.63, 3.8) is 0 Å². The first kappa shape index (κ1) is 17.2. The van der Waals surface area contributed by atoms with Crippen LogP contribution in [0.5, 0.6) is 0 Å². The van der Waals surface area contributed by atoms with E-state index in [9.17, 15) is 16.8 Å². The third-order valence-corrected chi connectivity index (χ3v) is 8.43. The van der Waals surface area contributed by atoms with Gasteiger partial charge in [-0.05, 0) is 44.1 Å². The first-order valence-corrected chi connectivity index (χ1v) is 11.6. The fourth-order valence-corrected chi connectivity index (χ4v) is 7.00. The van der Waals surface area contributed by atoms with Gasteiger partial charge in [-0.3, -0.25) is 0 Å². The van der Waals surface area contributed by atoms with Crippen LogP contribution >= 0.6 is 0 Å². The van der Waals surface area contributed by atoms with Gasteiger partial charge in [0, 0.05) is 12.3 Å². The molecule has 4 atom stereocenters. The molecule has 7 heteroatoms. The highest BCUT2D eigenvalue weighted by Gasteiger charge is 2.40. The van der Waals surface area contributed by atoms with Crippen molar-refractivity contribution in [2.75, 3.05) is 24.3 Å². The molecule has 0 aromatic rings. The minimum Gasteiger partial charge on any atom is -0.314 e. The third kappa shape index (κ3) is 4.42. The van der Waals surface area contributed by atoms with Crippen LogP contribution in [-0.2, 0) is 19.7 Å². The van der Waals surface area contributed by atoms with E-state index < -0.39 is 19.7 Å². The fraction of sp³-hybridized carbons (Fsp3) is 1.00. The number of rotatable bonds is 5. The van der Waals surface area contributed by atoms with Gasteiger partial charge in [-0.15, -0.1) is 0 Å². The molecule has 1 aliphatic heterocycles. The van der Waals surface area contributed by atoms with Crippen molar-refractivity contribution in [1.29, 1.82) is 0 Å². The molecule has 1 saturated carbocycles. The van der Waals surface area contributed by atoms with E-state index in [1.165, 1.54) is 6.26 Å². The second kappa shape index (κ2) is 6.54. The van der Waals surface area contributed by atoms with Crippen molar-refractivity contribution >= 4 is 19.7 Å². The molecule has 1 N–H and O–H groups in total. The second-order valence-corrected chi connectivity index (χ2v) is 11.2. The van der Waals surface area contributed by atoms with Gasteiger partial charge < -0.3 is 5.32 Å². The molecule has 4 unspecified atom stereocenters. The van der Waals surface area contributed by atoms with E-state index in [2.05, 4.69) is 5.32 Å². The molecule has 5 nitrogen and oxygen atoms in total. The lowest BCUT2D eigenvalue weighted by molar-refractivity contribution is 0.220. The normalized spacial score (nSPS) is 34.7. The molecular formula is C14H27NO4S2. The maximum atomic E-state index is 11.8. The Morgan fingerprint density at radius 3 is 2.43 bits per heavy atom. The smallest absolute Gasteiger partial charge is 0.150 e. The highest BCUT2D eigenvalue weighted by molar-refractivity contribution is 7.91. The van der Waals surface area contributed by atoms with Gasteiger partial charge in [0.1, 0.15) is 9.84 Å². The molecule has 0 aromatic carbocycles. The summed E-state index contributed by atoms with van der Waals surface area (Å²) in [6, 6.07) is 0.136. The van der Waals surface area contributed by atoms with Crippen molar-refractivity contribution in [3.8, 4) is 0 Å². The highest BCUT2D eigenvalue weighted by Crippen LogP contribution is 2.35. The average molecular weight is 338 g/mol. The number of hydrogen-bond donors (Lipinski definition) is 1. The molecule has 0 radical (unpaired) electrons. The summed E-state index contributed by atoms with van der Waals surface area (Å²) in [5, 5.41) is 3.19. The van der Waals surface area contributed by atoms with Crippen LogP contribution in [0.15, 0.2) is 0 Å². The minimum absolute atomic E-state index is 0.136. The Hall–Kier alpha value is -0.140. The SMILES string of the molecule is CCNC(C1CCCC(S(C)(=O)=O)C1)C1CCS(=O)(=O)C1. The molecule has 1 aliphatic carbocycles. The van der Waals surface area contributed by atoms with Gasteiger partial charge in [0.2, 0.25) is 0 Å². The molecule has 0 spiro atoms. The van der Waals surface area contributed by atoms with Gasteiger partial charge in [0.25, 0.3) is 0 Å². The topological polar surface area (TPSA) is 80.3 Å². The lowest BCUT2D eigenvalue weighted by atomic mass is 9.78. The van der Waals surface area contributed by atoms with E-state index >= 15 is 0 Å². The summed E-state index contributed by atoms with van der Waals surface area (Å²) in [6.45, 7) is 2.81. The third-order valence-electron chi connectivity index (χ3n) is 5.00. The summed E-state index contributed by atoms with van der Waals surface area (Å²) >= 11 is 0. The van der Waals surface area contributed by atoms with Gasteiger partial charge in [0.05, 0.1) is 16.8 Å². The maximum absolute atomic E-state index is 11.8. The largest absolute Gasteiger partial charge is 0.314 e. The Morgan fingerprint density at radius 2 is 1.90 bits per heavy atom. The molecule has 0 amide bonds. The van der Waals surface area contributed by atoms with Crippen molar-refractivity contribution < 1.29 is 16.8 Å². The second-order valence-electron chi connectivity index (χ2n) is 6.62. The van der Waals surface area contributed by atoms with Crippen LogP contribution in [0.2, 0.25) is 0 Å². The van der Waals surface area contributed by atoms with Gasteiger partial charge in [-0.2, -0.15) is 0 Å². The van der Waals surface area contributed by atoms with Crippen LogP contribution < -0.4 is 5.32 Å². The Morgan fingerprint density at radius 1 is 1.19 bits per heavy atom. The first-order valence-electron chi connectivity index (χ1n) is 7.85. The van der Waals surface area contributed by atoms with E-state index in [1.807, 2.05) is 6.92 Å². The summed E-state index contributed by atoms with van der Waals surface area (Å²) in [5.74, 6) is 0.946. The molecule has 1 saturated heterocycles. The number of sulfone groups is 2. The van der Waals surface area contributed by atoms with E-state index in [0.29, 0.717) is 12.8 Å². The van der Waals surface area contributed by atoms with Crippen LogP contribution in [0.25, 0.3) is 0 Å². The van der Waals surface area contributed by atoms with Crippen molar-refractivity contribution in [1.82, 2.24) is 5.32 Å². The van der Waals surface area contributed by atoms with E-state index in [4.69, 9.17) is 0 Å². The van der Waals surface area contributed by atoms with Gasteiger partial charge in [0.15, 0.2) is 9.84 Å². The van der Waals surface area contributed by atoms with Crippen LogP contribution in [-0.4, -0.2) is 52.4 Å². The van der Waals surface area contributed by atoms with Crippen LogP contribution in [0.4, 0.5) is 0 Å². The van der Waals surface area contributed by atoms with E-state index in [0.717, 1.165) is 25.8 Å². The van der Waals surface area contributed by atoms with Crippen molar-refractivity contribution in [2.45, 2.75) is 50.3 Å². The van der Waals surface area contributed by atoms with Crippen molar-refractivity contribution in [3.05, 3.63) is 0 Å². The maximum Gasteiger partial charge on any atom is 0.150 e. The summed E-state index contributed by atoms with van der Waals surface area (Å²) < 4.78 is 47.1. The lowest BCUT2D eigenvalue weighted by Gasteiger charge is -2.37. The van der Waals surface area contributed by atoms with E-state index in [-0.39, 0.29) is 34.6 Å². The first-order chi connectivity index (χ1) is 9.73. The molecular weight excluding hydrogens is 310 g/mol.